The minimum atomic E-state index is -0.0860. The van der Waals surface area contributed by atoms with E-state index in [9.17, 15) is 4.79 Å². The average Bonchev–Trinajstić information content (AvgIpc) is 2.86. The topological polar surface area (TPSA) is 26.3 Å². The van der Waals surface area contributed by atoms with Crippen LogP contribution in [0.4, 0.5) is 0 Å². The first-order valence-corrected chi connectivity index (χ1v) is 15.5. The molecule has 0 aromatic carbocycles. The van der Waals surface area contributed by atoms with Crippen LogP contribution < -0.4 is 0 Å². The molecule has 214 valence electrons. The van der Waals surface area contributed by atoms with E-state index < -0.39 is 0 Å². The molecule has 0 aromatic rings. The van der Waals surface area contributed by atoms with Crippen LogP contribution in [-0.4, -0.2) is 12.6 Å². The molecule has 0 saturated carbocycles. The Hall–Kier alpha value is -2.09. The summed E-state index contributed by atoms with van der Waals surface area (Å²) in [6.07, 6.45) is 35.4. The van der Waals surface area contributed by atoms with Gasteiger partial charge in [0.25, 0.3) is 0 Å². The summed E-state index contributed by atoms with van der Waals surface area (Å²) in [6, 6.07) is 0. The largest absolute Gasteiger partial charge is 0.461 e. The van der Waals surface area contributed by atoms with Gasteiger partial charge in [0.15, 0.2) is 0 Å². The van der Waals surface area contributed by atoms with Crippen molar-refractivity contribution < 1.29 is 9.53 Å². The van der Waals surface area contributed by atoms with Crippen LogP contribution in [0.25, 0.3) is 0 Å². The Balaban J connectivity index is 2.17. The fraction of sp³-hybridized carbons (Fsp3) is 0.639. The Morgan fingerprint density at radius 3 is 2.21 bits per heavy atom. The number of rotatable bonds is 19. The van der Waals surface area contributed by atoms with E-state index >= 15 is 0 Å². The van der Waals surface area contributed by atoms with E-state index in [1.165, 1.54) is 87.3 Å². The lowest BCUT2D eigenvalue weighted by Gasteiger charge is -2.32. The maximum Gasteiger partial charge on any atom is 0.306 e. The first-order valence-electron chi connectivity index (χ1n) is 15.5. The van der Waals surface area contributed by atoms with Crippen LogP contribution in [0.1, 0.15) is 138 Å². The molecule has 0 unspecified atom stereocenters. The third kappa shape index (κ3) is 16.7. The van der Waals surface area contributed by atoms with Crippen LogP contribution in [0.15, 0.2) is 70.9 Å². The highest BCUT2D eigenvalue weighted by atomic mass is 16.5. The molecule has 0 aromatic heterocycles. The molecular formula is C36H58O2. The summed E-state index contributed by atoms with van der Waals surface area (Å²) in [7, 11) is 0. The molecule has 0 bridgehead atoms. The van der Waals surface area contributed by atoms with Gasteiger partial charge >= 0.3 is 5.97 Å². The minimum Gasteiger partial charge on any atom is -0.461 e. The molecule has 0 atom stereocenters. The van der Waals surface area contributed by atoms with Crippen molar-refractivity contribution in [2.75, 3.05) is 6.61 Å². The van der Waals surface area contributed by atoms with Crippen LogP contribution in [-0.2, 0) is 9.53 Å². The summed E-state index contributed by atoms with van der Waals surface area (Å²) in [5, 5.41) is 0. The maximum absolute atomic E-state index is 12.0. The molecule has 38 heavy (non-hydrogen) atoms. The average molecular weight is 523 g/mol. The van der Waals surface area contributed by atoms with E-state index in [1.54, 1.807) is 0 Å². The van der Waals surface area contributed by atoms with E-state index in [2.05, 4.69) is 77.2 Å². The van der Waals surface area contributed by atoms with Crippen LogP contribution in [0.5, 0.6) is 0 Å². The second-order valence-corrected chi connectivity index (χ2v) is 11.8. The lowest BCUT2D eigenvalue weighted by molar-refractivity contribution is -0.142. The number of ether oxygens (including phenoxy) is 1. The van der Waals surface area contributed by atoms with Gasteiger partial charge in [-0.25, -0.2) is 0 Å². The number of carbonyl (C=O) groups excluding carboxylic acids is 1. The maximum atomic E-state index is 12.0. The molecule has 0 spiro atoms. The summed E-state index contributed by atoms with van der Waals surface area (Å²) in [5.41, 5.74) is 5.63. The van der Waals surface area contributed by atoms with Crippen molar-refractivity contribution in [2.24, 2.45) is 5.41 Å². The second kappa shape index (κ2) is 20.8. The highest BCUT2D eigenvalue weighted by Gasteiger charge is 2.26. The lowest BCUT2D eigenvalue weighted by Crippen LogP contribution is -2.19. The summed E-state index contributed by atoms with van der Waals surface area (Å²) in [6.45, 7) is 13.8. The van der Waals surface area contributed by atoms with Crippen molar-refractivity contribution >= 4 is 5.97 Å². The molecule has 0 aliphatic heterocycles. The van der Waals surface area contributed by atoms with Crippen LogP contribution in [0.2, 0.25) is 0 Å². The van der Waals surface area contributed by atoms with Crippen LogP contribution in [0, 0.1) is 5.41 Å². The fourth-order valence-electron chi connectivity index (χ4n) is 5.03. The van der Waals surface area contributed by atoms with E-state index in [1.807, 2.05) is 13.0 Å². The summed E-state index contributed by atoms with van der Waals surface area (Å²) >= 11 is 0. The Morgan fingerprint density at radius 2 is 1.55 bits per heavy atom. The molecule has 2 heteroatoms. The second-order valence-electron chi connectivity index (χ2n) is 11.8. The zero-order valence-corrected chi connectivity index (χ0v) is 25.7. The van der Waals surface area contributed by atoms with Crippen molar-refractivity contribution in [3.8, 4) is 0 Å². The molecule has 0 amide bonds. The molecule has 1 rings (SSSR count). The van der Waals surface area contributed by atoms with Crippen molar-refractivity contribution in [1.82, 2.24) is 0 Å². The molecule has 1 aliphatic rings. The zero-order chi connectivity index (χ0) is 28.1. The van der Waals surface area contributed by atoms with Gasteiger partial charge in [0, 0.05) is 6.42 Å². The van der Waals surface area contributed by atoms with Gasteiger partial charge in [0.05, 0.1) is 0 Å². The number of hydrogen-bond donors (Lipinski definition) is 0. The third-order valence-electron chi connectivity index (χ3n) is 7.57. The standard InChI is InChI=1S/C36H58O2/c1-7-8-9-10-11-12-13-14-15-16-17-18-19-25-35(37)38-30-28-32(3)23-20-22-31(2)26-27-34-33(4)24-21-29-36(34,5)6/h13-14,20,22-23,26-28H,7-12,15-19,21,24-25,29-30H2,1-6H3/b14-13-,23-20+,27-26+,31-22+,32-28+. The molecule has 0 heterocycles. The smallest absolute Gasteiger partial charge is 0.306 e. The van der Waals surface area contributed by atoms with E-state index in [-0.39, 0.29) is 11.4 Å². The fourth-order valence-corrected chi connectivity index (χ4v) is 5.03. The van der Waals surface area contributed by atoms with Gasteiger partial charge in [-0.1, -0.05) is 119 Å². The lowest BCUT2D eigenvalue weighted by atomic mass is 9.72. The molecule has 0 radical (unpaired) electrons. The predicted octanol–water partition coefficient (Wildman–Crippen LogP) is 11.3. The Morgan fingerprint density at radius 1 is 0.895 bits per heavy atom. The number of unbranched alkanes of at least 4 members (excludes halogenated alkanes) is 9. The van der Waals surface area contributed by atoms with Crippen LogP contribution >= 0.6 is 0 Å². The molecule has 2 nitrogen and oxygen atoms in total. The normalized spacial score (nSPS) is 16.9. The summed E-state index contributed by atoms with van der Waals surface area (Å²) in [5.74, 6) is -0.0860. The number of carbonyl (C=O) groups is 1. The summed E-state index contributed by atoms with van der Waals surface area (Å²) in [4.78, 5) is 12.0. The third-order valence-corrected chi connectivity index (χ3v) is 7.57. The van der Waals surface area contributed by atoms with Crippen molar-refractivity contribution in [3.05, 3.63) is 70.9 Å². The van der Waals surface area contributed by atoms with Crippen molar-refractivity contribution in [1.29, 1.82) is 0 Å². The molecular weight excluding hydrogens is 464 g/mol. The van der Waals surface area contributed by atoms with Gasteiger partial charge in [0.2, 0.25) is 0 Å². The van der Waals surface area contributed by atoms with Gasteiger partial charge in [-0.2, -0.15) is 0 Å². The van der Waals surface area contributed by atoms with Gasteiger partial charge in [-0.15, -0.1) is 0 Å². The first-order chi connectivity index (χ1) is 18.3. The predicted molar refractivity (Wildman–Crippen MR) is 167 cm³/mol. The summed E-state index contributed by atoms with van der Waals surface area (Å²) < 4.78 is 5.39. The minimum absolute atomic E-state index is 0.0860. The van der Waals surface area contributed by atoms with Crippen LogP contribution in [0.3, 0.4) is 0 Å². The van der Waals surface area contributed by atoms with Gasteiger partial charge < -0.3 is 4.74 Å². The Kier molecular flexibility index (Phi) is 18.6. The Labute approximate surface area is 236 Å². The highest BCUT2D eigenvalue weighted by Crippen LogP contribution is 2.40. The van der Waals surface area contributed by atoms with Crippen molar-refractivity contribution in [2.45, 2.75) is 138 Å². The molecule has 0 N–H and O–H groups in total. The molecule has 0 saturated heterocycles. The number of hydrogen-bond acceptors (Lipinski definition) is 2. The van der Waals surface area contributed by atoms with Crippen molar-refractivity contribution in [3.63, 3.8) is 0 Å². The zero-order valence-electron chi connectivity index (χ0n) is 25.7. The molecule has 0 fully saturated rings. The van der Waals surface area contributed by atoms with E-state index in [0.29, 0.717) is 13.0 Å². The SMILES string of the molecule is CCCCCCC/C=C\CCCCCCC(=O)OC/C=C(C)/C=C/C=C(C)/C=C/C1=C(C)CCCC1(C)C. The highest BCUT2D eigenvalue weighted by molar-refractivity contribution is 5.69. The monoisotopic (exact) mass is 522 g/mol. The first kappa shape index (κ1) is 33.9. The van der Waals surface area contributed by atoms with Gasteiger partial charge in [-0.3, -0.25) is 4.79 Å². The van der Waals surface area contributed by atoms with E-state index in [4.69, 9.17) is 4.74 Å². The quantitative estimate of drug-likeness (QED) is 0.0729. The van der Waals surface area contributed by atoms with E-state index in [0.717, 1.165) is 24.8 Å². The molecule has 1 aliphatic carbocycles. The number of allylic oxidation sites excluding steroid dienone is 11. The number of esters is 1. The van der Waals surface area contributed by atoms with Gasteiger partial charge in [0.1, 0.15) is 6.61 Å². The Bertz CT molecular complexity index is 845. The van der Waals surface area contributed by atoms with Gasteiger partial charge in [-0.05, 0) is 89.2 Å².